The van der Waals surface area contributed by atoms with Gasteiger partial charge in [0.15, 0.2) is 0 Å². The van der Waals surface area contributed by atoms with E-state index in [0.29, 0.717) is 12.0 Å². The molecule has 2 aromatic rings. The van der Waals surface area contributed by atoms with Gasteiger partial charge in [0.1, 0.15) is 11.5 Å². The minimum absolute atomic E-state index is 0.564. The first-order valence-corrected chi connectivity index (χ1v) is 9.10. The number of nitrogens with one attached hydrogen (secondary N) is 1. The van der Waals surface area contributed by atoms with Crippen molar-refractivity contribution >= 4 is 0 Å². The van der Waals surface area contributed by atoms with E-state index < -0.39 is 0 Å². The van der Waals surface area contributed by atoms with Crippen LogP contribution in [0.2, 0.25) is 0 Å². The van der Waals surface area contributed by atoms with E-state index in [1.54, 1.807) is 0 Å². The van der Waals surface area contributed by atoms with Crippen LogP contribution in [0.4, 0.5) is 0 Å². The molecule has 0 radical (unpaired) electrons. The fourth-order valence-electron chi connectivity index (χ4n) is 3.05. The fourth-order valence-corrected chi connectivity index (χ4v) is 3.05. The van der Waals surface area contributed by atoms with Crippen molar-refractivity contribution in [2.45, 2.75) is 58.8 Å². The Morgan fingerprint density at radius 2 is 1.92 bits per heavy atom. The van der Waals surface area contributed by atoms with Gasteiger partial charge in [-0.2, -0.15) is 0 Å². The minimum atomic E-state index is 0.564. The fraction of sp³-hybridized carbons (Fsp3) is 0.524. The molecule has 1 aliphatic carbocycles. The van der Waals surface area contributed by atoms with Crippen LogP contribution in [0.3, 0.4) is 0 Å². The highest BCUT2D eigenvalue weighted by molar-refractivity contribution is 5.23. The molecule has 1 aromatic heterocycles. The van der Waals surface area contributed by atoms with Crippen molar-refractivity contribution in [1.29, 1.82) is 0 Å². The summed E-state index contributed by atoms with van der Waals surface area (Å²) in [5.41, 5.74) is 2.70. The summed E-state index contributed by atoms with van der Waals surface area (Å²) in [4.78, 5) is 2.36. The van der Waals surface area contributed by atoms with Gasteiger partial charge in [-0.1, -0.05) is 31.2 Å². The van der Waals surface area contributed by atoms with Crippen molar-refractivity contribution in [3.05, 3.63) is 59.0 Å². The number of furan rings is 1. The van der Waals surface area contributed by atoms with Crippen LogP contribution in [0.25, 0.3) is 0 Å². The van der Waals surface area contributed by atoms with Crippen LogP contribution in [0.15, 0.2) is 40.8 Å². The number of rotatable bonds is 8. The van der Waals surface area contributed by atoms with E-state index in [1.807, 2.05) is 0 Å². The minimum Gasteiger partial charge on any atom is -0.464 e. The lowest BCUT2D eigenvalue weighted by atomic mass is 10.1. The molecule has 0 aliphatic heterocycles. The second-order valence-electron chi connectivity index (χ2n) is 7.56. The Hall–Kier alpha value is -1.58. The first-order chi connectivity index (χ1) is 11.5. The average molecular weight is 326 g/mol. The lowest BCUT2D eigenvalue weighted by Gasteiger charge is -2.21. The highest BCUT2D eigenvalue weighted by Crippen LogP contribution is 2.47. The molecule has 1 N–H and O–H groups in total. The molecule has 1 aromatic carbocycles. The maximum absolute atomic E-state index is 5.95. The zero-order chi connectivity index (χ0) is 17.1. The molecule has 3 nitrogen and oxygen atoms in total. The second kappa shape index (κ2) is 7.54. The largest absolute Gasteiger partial charge is 0.464 e. The van der Waals surface area contributed by atoms with Crippen LogP contribution in [0, 0.1) is 5.92 Å². The zero-order valence-electron chi connectivity index (χ0n) is 15.4. The number of hydrogen-bond acceptors (Lipinski definition) is 3. The van der Waals surface area contributed by atoms with Crippen molar-refractivity contribution in [2.75, 3.05) is 7.05 Å². The maximum Gasteiger partial charge on any atom is 0.117 e. The number of benzene rings is 1. The van der Waals surface area contributed by atoms with Crippen molar-refractivity contribution in [2.24, 2.45) is 5.92 Å². The average Bonchev–Trinajstić information content (AvgIpc) is 3.09. The third-order valence-electron chi connectivity index (χ3n) is 5.09. The molecule has 130 valence electrons. The summed E-state index contributed by atoms with van der Waals surface area (Å²) < 4.78 is 5.95. The quantitative estimate of drug-likeness (QED) is 0.772. The predicted octanol–water partition coefficient (Wildman–Crippen LogP) is 4.53. The van der Waals surface area contributed by atoms with Gasteiger partial charge in [0.2, 0.25) is 0 Å². The van der Waals surface area contributed by atoms with Gasteiger partial charge < -0.3 is 9.73 Å². The molecule has 2 atom stereocenters. The van der Waals surface area contributed by atoms with Gasteiger partial charge in [0.25, 0.3) is 0 Å². The Morgan fingerprint density at radius 1 is 1.17 bits per heavy atom. The van der Waals surface area contributed by atoms with Gasteiger partial charge in [-0.3, -0.25) is 4.90 Å². The highest BCUT2D eigenvalue weighted by atomic mass is 16.3. The monoisotopic (exact) mass is 326 g/mol. The molecule has 0 saturated heterocycles. The molecule has 0 bridgehead atoms. The number of nitrogens with zero attached hydrogens (tertiary/aromatic N) is 1. The molecule has 0 amide bonds. The summed E-state index contributed by atoms with van der Waals surface area (Å²) in [6, 6.07) is 13.7. The first-order valence-electron chi connectivity index (χ1n) is 9.10. The van der Waals surface area contributed by atoms with Gasteiger partial charge in [-0.05, 0) is 56.5 Å². The van der Waals surface area contributed by atoms with E-state index in [9.17, 15) is 0 Å². The van der Waals surface area contributed by atoms with Crippen LogP contribution in [0.1, 0.15) is 55.8 Å². The molecule has 1 saturated carbocycles. The van der Waals surface area contributed by atoms with Gasteiger partial charge >= 0.3 is 0 Å². The smallest absolute Gasteiger partial charge is 0.117 e. The van der Waals surface area contributed by atoms with Crippen LogP contribution in [-0.2, 0) is 19.6 Å². The van der Waals surface area contributed by atoms with Crippen molar-refractivity contribution in [3.8, 4) is 0 Å². The Kier molecular flexibility index (Phi) is 5.42. The Balaban J connectivity index is 1.48. The molecule has 3 rings (SSSR count). The van der Waals surface area contributed by atoms with E-state index in [2.05, 4.69) is 74.4 Å². The van der Waals surface area contributed by atoms with Gasteiger partial charge in [-0.15, -0.1) is 0 Å². The standard InChI is InChI=1S/C21H30N2O/c1-15(2)23(4)14-18-7-5-6-17(11-18)12-22-13-19-8-9-21(24-19)20-10-16(20)3/h5-9,11,15-16,20,22H,10,12-14H2,1-4H3. The Morgan fingerprint density at radius 3 is 2.62 bits per heavy atom. The van der Waals surface area contributed by atoms with E-state index in [1.165, 1.54) is 17.5 Å². The summed E-state index contributed by atoms with van der Waals surface area (Å²) in [5, 5.41) is 3.50. The van der Waals surface area contributed by atoms with E-state index >= 15 is 0 Å². The molecular weight excluding hydrogens is 296 g/mol. The van der Waals surface area contributed by atoms with Crippen molar-refractivity contribution in [3.63, 3.8) is 0 Å². The Bertz CT molecular complexity index is 661. The van der Waals surface area contributed by atoms with Gasteiger partial charge in [-0.25, -0.2) is 0 Å². The highest BCUT2D eigenvalue weighted by Gasteiger charge is 2.36. The van der Waals surface area contributed by atoms with Crippen LogP contribution >= 0.6 is 0 Å². The van der Waals surface area contributed by atoms with E-state index in [4.69, 9.17) is 4.42 Å². The molecule has 3 heteroatoms. The lowest BCUT2D eigenvalue weighted by Crippen LogP contribution is -2.25. The topological polar surface area (TPSA) is 28.4 Å². The van der Waals surface area contributed by atoms with Crippen molar-refractivity contribution in [1.82, 2.24) is 10.2 Å². The Labute approximate surface area is 146 Å². The first kappa shape index (κ1) is 17.2. The molecule has 1 aliphatic rings. The summed E-state index contributed by atoms with van der Waals surface area (Å²) in [6.45, 7) is 9.39. The molecule has 1 heterocycles. The van der Waals surface area contributed by atoms with Gasteiger partial charge in [0.05, 0.1) is 6.54 Å². The predicted molar refractivity (Wildman–Crippen MR) is 98.8 cm³/mol. The molecule has 1 fully saturated rings. The summed E-state index contributed by atoms with van der Waals surface area (Å²) in [5.74, 6) is 3.66. The lowest BCUT2D eigenvalue weighted by molar-refractivity contribution is 0.266. The van der Waals surface area contributed by atoms with E-state index in [-0.39, 0.29) is 0 Å². The van der Waals surface area contributed by atoms with Crippen molar-refractivity contribution < 1.29 is 4.42 Å². The van der Waals surface area contributed by atoms with Crippen LogP contribution < -0.4 is 5.32 Å². The molecule has 0 spiro atoms. The summed E-state index contributed by atoms with van der Waals surface area (Å²) >= 11 is 0. The normalized spacial score (nSPS) is 20.1. The van der Waals surface area contributed by atoms with E-state index in [0.717, 1.165) is 37.1 Å². The maximum atomic E-state index is 5.95. The third kappa shape index (κ3) is 4.49. The summed E-state index contributed by atoms with van der Waals surface area (Å²) in [6.07, 6.45) is 1.28. The van der Waals surface area contributed by atoms with Crippen LogP contribution in [-0.4, -0.2) is 18.0 Å². The SMILES string of the molecule is CC1CC1c1ccc(CNCc2cccc(CN(C)C(C)C)c2)o1. The number of hydrogen-bond donors (Lipinski definition) is 1. The molecule has 2 unspecified atom stereocenters. The van der Waals surface area contributed by atoms with Crippen LogP contribution in [0.5, 0.6) is 0 Å². The molecular formula is C21H30N2O. The zero-order valence-corrected chi connectivity index (χ0v) is 15.4. The second-order valence-corrected chi connectivity index (χ2v) is 7.56. The third-order valence-corrected chi connectivity index (χ3v) is 5.09. The van der Waals surface area contributed by atoms with Gasteiger partial charge in [0, 0.05) is 25.0 Å². The molecule has 24 heavy (non-hydrogen) atoms. The summed E-state index contributed by atoms with van der Waals surface area (Å²) in [7, 11) is 2.17.